The lowest BCUT2D eigenvalue weighted by Gasteiger charge is -2.44. The molecule has 2 fully saturated rings. The molecule has 194 valence electrons. The van der Waals surface area contributed by atoms with E-state index in [0.717, 1.165) is 32.1 Å². The van der Waals surface area contributed by atoms with Crippen LogP contribution in [0, 0.1) is 0 Å². The van der Waals surface area contributed by atoms with Crippen LogP contribution >= 0.6 is 0 Å². The second kappa shape index (κ2) is 14.5. The number of aliphatic hydroxyl groups excluding tert-OH is 6. The molecule has 2 aliphatic rings. The lowest BCUT2D eigenvalue weighted by Crippen LogP contribution is -2.63. The second-order valence-corrected chi connectivity index (χ2v) is 8.38. The summed E-state index contributed by atoms with van der Waals surface area (Å²) >= 11 is 0. The molecular weight excluding hydrogens is 444 g/mol. The monoisotopic (exact) mass is 482 g/mol. The highest BCUT2D eigenvalue weighted by atomic mass is 16.8. The van der Waals surface area contributed by atoms with Gasteiger partial charge >= 0.3 is 5.97 Å². The molecule has 0 unspecified atom stereocenters. The van der Waals surface area contributed by atoms with E-state index in [1.807, 2.05) is 0 Å². The molecule has 2 heterocycles. The van der Waals surface area contributed by atoms with Crippen LogP contribution in [0.15, 0.2) is 0 Å². The summed E-state index contributed by atoms with van der Waals surface area (Å²) in [6.45, 7) is -0.591. The smallest absolute Gasteiger partial charge is 0.305 e. The molecular formula is C21H38O12. The summed E-state index contributed by atoms with van der Waals surface area (Å²) in [6.07, 6.45) is -6.74. The Hall–Kier alpha value is -0.930. The first-order valence-corrected chi connectivity index (χ1v) is 11.4. The van der Waals surface area contributed by atoms with Gasteiger partial charge in [0.25, 0.3) is 0 Å². The molecule has 0 aromatic heterocycles. The largest absolute Gasteiger partial charge is 0.469 e. The summed E-state index contributed by atoms with van der Waals surface area (Å²) in [7, 11) is 1.37. The summed E-state index contributed by atoms with van der Waals surface area (Å²) in [5, 5.41) is 59.6. The first-order valence-electron chi connectivity index (χ1n) is 11.4. The molecule has 0 aromatic rings. The Balaban J connectivity index is 1.80. The van der Waals surface area contributed by atoms with Gasteiger partial charge in [-0.1, -0.05) is 25.7 Å². The van der Waals surface area contributed by atoms with Crippen LogP contribution < -0.4 is 0 Å². The van der Waals surface area contributed by atoms with Crippen molar-refractivity contribution in [1.82, 2.24) is 0 Å². The SMILES string of the molecule is COC(=O)CCCCCCCCO[C@H]1O[C@H](CO)[C@@H](O)[C@H](O)[C@H]1O[C@H]1OC[C@@H](O)[C@H](O)[C@H]1O. The van der Waals surface area contributed by atoms with E-state index in [1.54, 1.807) is 0 Å². The maximum Gasteiger partial charge on any atom is 0.305 e. The van der Waals surface area contributed by atoms with Crippen LogP contribution in [0.25, 0.3) is 0 Å². The zero-order valence-corrected chi connectivity index (χ0v) is 18.9. The number of carbonyl (C=O) groups is 1. The van der Waals surface area contributed by atoms with Crippen LogP contribution in [0.3, 0.4) is 0 Å². The fourth-order valence-corrected chi connectivity index (χ4v) is 3.77. The van der Waals surface area contributed by atoms with Gasteiger partial charge in [-0.15, -0.1) is 0 Å². The van der Waals surface area contributed by atoms with Crippen molar-refractivity contribution in [3.05, 3.63) is 0 Å². The molecule has 12 heteroatoms. The van der Waals surface area contributed by atoms with Gasteiger partial charge < -0.3 is 54.3 Å². The summed E-state index contributed by atoms with van der Waals surface area (Å²) in [4.78, 5) is 11.1. The normalized spacial score (nSPS) is 37.1. The molecule has 0 bridgehead atoms. The highest BCUT2D eigenvalue weighted by molar-refractivity contribution is 5.68. The Morgan fingerprint density at radius 2 is 1.55 bits per heavy atom. The Morgan fingerprint density at radius 3 is 2.21 bits per heavy atom. The minimum Gasteiger partial charge on any atom is -0.469 e. The van der Waals surface area contributed by atoms with E-state index in [2.05, 4.69) is 4.74 Å². The van der Waals surface area contributed by atoms with Crippen molar-refractivity contribution in [1.29, 1.82) is 0 Å². The molecule has 33 heavy (non-hydrogen) atoms. The van der Waals surface area contributed by atoms with Gasteiger partial charge in [-0.25, -0.2) is 0 Å². The first kappa shape index (κ1) is 28.3. The quantitative estimate of drug-likeness (QED) is 0.128. The third-order valence-corrected chi connectivity index (χ3v) is 5.86. The van der Waals surface area contributed by atoms with Crippen molar-refractivity contribution in [2.45, 2.75) is 100 Å². The van der Waals surface area contributed by atoms with Crippen molar-refractivity contribution in [3.8, 4) is 0 Å². The van der Waals surface area contributed by atoms with E-state index in [1.165, 1.54) is 7.11 Å². The summed E-state index contributed by atoms with van der Waals surface area (Å²) in [6, 6.07) is 0. The van der Waals surface area contributed by atoms with Gasteiger partial charge in [0.1, 0.15) is 42.7 Å². The molecule has 0 spiro atoms. The number of esters is 1. The Morgan fingerprint density at radius 1 is 0.879 bits per heavy atom. The van der Waals surface area contributed by atoms with Crippen LogP contribution in [-0.2, 0) is 28.5 Å². The van der Waals surface area contributed by atoms with E-state index >= 15 is 0 Å². The summed E-state index contributed by atoms with van der Waals surface area (Å²) < 4.78 is 26.6. The van der Waals surface area contributed by atoms with Crippen LogP contribution in [0.5, 0.6) is 0 Å². The van der Waals surface area contributed by atoms with Crippen molar-refractivity contribution < 1.29 is 59.1 Å². The molecule has 0 radical (unpaired) electrons. The molecule has 0 saturated carbocycles. The minimum atomic E-state index is -1.59. The lowest BCUT2D eigenvalue weighted by molar-refractivity contribution is -0.356. The number of hydrogen-bond donors (Lipinski definition) is 6. The number of hydrogen-bond acceptors (Lipinski definition) is 12. The van der Waals surface area contributed by atoms with Crippen LogP contribution in [0.1, 0.15) is 44.9 Å². The average molecular weight is 483 g/mol. The van der Waals surface area contributed by atoms with Gasteiger partial charge in [0.05, 0.1) is 20.3 Å². The molecule has 2 saturated heterocycles. The van der Waals surface area contributed by atoms with E-state index in [-0.39, 0.29) is 19.2 Å². The fraction of sp³-hybridized carbons (Fsp3) is 0.952. The molecule has 2 rings (SSSR count). The Kier molecular flexibility index (Phi) is 12.4. The molecule has 6 N–H and O–H groups in total. The minimum absolute atomic E-state index is 0.210. The van der Waals surface area contributed by atoms with E-state index in [4.69, 9.17) is 18.9 Å². The van der Waals surface area contributed by atoms with Crippen LogP contribution in [0.4, 0.5) is 0 Å². The standard InChI is InChI=1S/C21H38O12/c1-29-14(24)8-6-4-2-3-5-7-9-30-21-19(17(27)16(26)13(10-22)32-21)33-20-18(28)15(25)12(23)11-31-20/h12-13,15-23,25-28H,2-11H2,1H3/t12-,13-,15+,16-,17+,18-,19-,20-,21+/m1/s1. The maximum atomic E-state index is 11.1. The van der Waals surface area contributed by atoms with E-state index in [9.17, 15) is 35.4 Å². The highest BCUT2D eigenvalue weighted by Crippen LogP contribution is 2.28. The van der Waals surface area contributed by atoms with Crippen LogP contribution in [-0.4, -0.2) is 119 Å². The van der Waals surface area contributed by atoms with Gasteiger partial charge in [0.2, 0.25) is 0 Å². The van der Waals surface area contributed by atoms with Crippen molar-refractivity contribution in [2.24, 2.45) is 0 Å². The number of carbonyl (C=O) groups excluding carboxylic acids is 1. The van der Waals surface area contributed by atoms with Gasteiger partial charge in [-0.05, 0) is 12.8 Å². The highest BCUT2D eigenvalue weighted by Gasteiger charge is 2.49. The van der Waals surface area contributed by atoms with Gasteiger partial charge in [-0.3, -0.25) is 4.79 Å². The van der Waals surface area contributed by atoms with E-state index < -0.39 is 61.9 Å². The van der Waals surface area contributed by atoms with E-state index in [0.29, 0.717) is 12.8 Å². The fourth-order valence-electron chi connectivity index (χ4n) is 3.77. The predicted octanol–water partition coefficient (Wildman–Crippen LogP) is -1.83. The number of aliphatic hydroxyl groups is 6. The third-order valence-electron chi connectivity index (χ3n) is 5.86. The van der Waals surface area contributed by atoms with Gasteiger partial charge in [0, 0.05) is 13.0 Å². The average Bonchev–Trinajstić information content (AvgIpc) is 2.81. The topological polar surface area (TPSA) is 185 Å². The molecule has 12 nitrogen and oxygen atoms in total. The molecule has 9 atom stereocenters. The van der Waals surface area contributed by atoms with Crippen molar-refractivity contribution in [2.75, 3.05) is 26.9 Å². The molecule has 2 aliphatic heterocycles. The van der Waals surface area contributed by atoms with Gasteiger partial charge in [0.15, 0.2) is 12.6 Å². The summed E-state index contributed by atoms with van der Waals surface area (Å²) in [5.74, 6) is -0.210. The van der Waals surface area contributed by atoms with Crippen molar-refractivity contribution in [3.63, 3.8) is 0 Å². The summed E-state index contributed by atoms with van der Waals surface area (Å²) in [5.41, 5.74) is 0. The lowest BCUT2D eigenvalue weighted by atomic mass is 9.98. The maximum absolute atomic E-state index is 11.1. The van der Waals surface area contributed by atoms with Crippen LogP contribution in [0.2, 0.25) is 0 Å². The zero-order chi connectivity index (χ0) is 24.4. The third kappa shape index (κ3) is 8.35. The van der Waals surface area contributed by atoms with Crippen molar-refractivity contribution >= 4 is 5.97 Å². The predicted molar refractivity (Wildman–Crippen MR) is 111 cm³/mol. The Bertz CT molecular complexity index is 563. The molecule has 0 aliphatic carbocycles. The number of ether oxygens (including phenoxy) is 5. The van der Waals surface area contributed by atoms with Gasteiger partial charge in [-0.2, -0.15) is 0 Å². The molecule has 0 amide bonds. The molecule has 0 aromatic carbocycles. The first-order chi connectivity index (χ1) is 15.8. The second-order valence-electron chi connectivity index (χ2n) is 8.38. The number of methoxy groups -OCH3 is 1. The zero-order valence-electron chi connectivity index (χ0n) is 18.9. The Labute approximate surface area is 193 Å². The number of rotatable bonds is 13. The number of unbranched alkanes of at least 4 members (excludes halogenated alkanes) is 5.